The van der Waals surface area contributed by atoms with Crippen molar-refractivity contribution in [3.63, 3.8) is 0 Å². The number of unbranched alkanes of at least 4 members (excludes halogenated alkanes) is 17. The topological polar surface area (TPSA) is 26.3 Å². The van der Waals surface area contributed by atoms with E-state index in [1.165, 1.54) is 109 Å². The molecular formula is C25H52ClNO2. The number of esters is 1. The largest absolute Gasteiger partial charge is 1.00 e. The summed E-state index contributed by atoms with van der Waals surface area (Å²) < 4.78 is 5.93. The molecule has 0 heterocycles. The van der Waals surface area contributed by atoms with Crippen LogP contribution in [0.25, 0.3) is 0 Å². The van der Waals surface area contributed by atoms with Crippen LogP contribution in [0.5, 0.6) is 0 Å². The van der Waals surface area contributed by atoms with Crippen molar-refractivity contribution < 1.29 is 26.4 Å². The Hall–Kier alpha value is -0.280. The Balaban J connectivity index is 0. The number of ether oxygens (including phenoxy) is 1. The van der Waals surface area contributed by atoms with Gasteiger partial charge in [-0.05, 0) is 6.42 Å². The number of carbonyl (C=O) groups excluding carboxylic acids is 1. The first-order valence-corrected chi connectivity index (χ1v) is 12.4. The lowest BCUT2D eigenvalue weighted by atomic mass is 10.0. The molecule has 0 atom stereocenters. The summed E-state index contributed by atoms with van der Waals surface area (Å²) in [6, 6.07) is 0. The number of rotatable bonds is 21. The van der Waals surface area contributed by atoms with Gasteiger partial charge >= 0.3 is 5.97 Å². The molecule has 0 aromatic carbocycles. The van der Waals surface area contributed by atoms with Crippen LogP contribution in [0.2, 0.25) is 0 Å². The van der Waals surface area contributed by atoms with E-state index in [9.17, 15) is 4.79 Å². The molecule has 0 fully saturated rings. The van der Waals surface area contributed by atoms with Crippen molar-refractivity contribution in [3.8, 4) is 0 Å². The molecule has 0 rings (SSSR count). The summed E-state index contributed by atoms with van der Waals surface area (Å²) in [6.07, 6.45) is 24.8. The van der Waals surface area contributed by atoms with Crippen molar-refractivity contribution in [2.75, 3.05) is 34.3 Å². The molecular weight excluding hydrogens is 382 g/mol. The predicted octanol–water partition coefficient (Wildman–Crippen LogP) is 4.28. The fraction of sp³-hybridized carbons (Fsp3) is 0.960. The molecule has 0 radical (unpaired) electrons. The first kappa shape index (κ1) is 30.9. The predicted molar refractivity (Wildman–Crippen MR) is 123 cm³/mol. The summed E-state index contributed by atoms with van der Waals surface area (Å²) in [5.74, 6) is -0.0699. The standard InChI is InChI=1S/C25H52NO2.ClH/c1-5-6-7-8-9-10-11-12-13-14-15-16-17-18-19-20-21-22-23-28-25(27)24-26(2,3)4;/h5-24H2,1-4H3;1H/q+1;/p-1. The second-order valence-electron chi connectivity index (χ2n) is 9.68. The quantitative estimate of drug-likeness (QED) is 0.153. The van der Waals surface area contributed by atoms with Crippen LogP contribution in [0.15, 0.2) is 0 Å². The van der Waals surface area contributed by atoms with Gasteiger partial charge in [0.2, 0.25) is 0 Å². The van der Waals surface area contributed by atoms with Gasteiger partial charge in [-0.2, -0.15) is 0 Å². The molecule has 0 aliphatic carbocycles. The number of halogens is 1. The maximum atomic E-state index is 11.6. The molecule has 0 spiro atoms. The highest BCUT2D eigenvalue weighted by molar-refractivity contribution is 5.70. The molecule has 0 aromatic rings. The third-order valence-electron chi connectivity index (χ3n) is 5.36. The average molecular weight is 434 g/mol. The van der Waals surface area contributed by atoms with E-state index in [4.69, 9.17) is 4.74 Å². The van der Waals surface area contributed by atoms with Gasteiger partial charge in [0, 0.05) is 0 Å². The molecule has 3 nitrogen and oxygen atoms in total. The Morgan fingerprint density at radius 3 is 1.21 bits per heavy atom. The van der Waals surface area contributed by atoms with Crippen molar-refractivity contribution in [2.45, 2.75) is 122 Å². The summed E-state index contributed by atoms with van der Waals surface area (Å²) in [6.45, 7) is 3.34. The van der Waals surface area contributed by atoms with Gasteiger partial charge in [0.05, 0.1) is 27.7 Å². The molecule has 0 bridgehead atoms. The lowest BCUT2D eigenvalue weighted by molar-refractivity contribution is -0.862. The minimum Gasteiger partial charge on any atom is -1.00 e. The maximum absolute atomic E-state index is 11.6. The molecule has 176 valence electrons. The summed E-state index contributed by atoms with van der Waals surface area (Å²) in [5, 5.41) is 0. The van der Waals surface area contributed by atoms with Crippen LogP contribution >= 0.6 is 0 Å². The highest BCUT2D eigenvalue weighted by Gasteiger charge is 2.14. The SMILES string of the molecule is CCCCCCCCCCCCCCCCCCCCOC(=O)C[N+](C)(C)C.[Cl-]. The number of quaternary nitrogens is 1. The second kappa shape index (κ2) is 22.4. The third kappa shape index (κ3) is 27.7. The molecule has 0 aliphatic rings. The van der Waals surface area contributed by atoms with E-state index in [0.717, 1.165) is 6.42 Å². The number of likely N-dealkylation sites (N-methyl/N-ethyl adjacent to an activating group) is 1. The monoisotopic (exact) mass is 433 g/mol. The molecule has 0 aromatic heterocycles. The van der Waals surface area contributed by atoms with Crippen molar-refractivity contribution in [3.05, 3.63) is 0 Å². The molecule has 4 heteroatoms. The molecule has 0 amide bonds. The Morgan fingerprint density at radius 1 is 0.586 bits per heavy atom. The smallest absolute Gasteiger partial charge is 0.361 e. The Labute approximate surface area is 189 Å². The number of nitrogens with zero attached hydrogens (tertiary/aromatic N) is 1. The summed E-state index contributed by atoms with van der Waals surface area (Å²) >= 11 is 0. The van der Waals surface area contributed by atoms with Gasteiger partial charge in [-0.25, -0.2) is 4.79 Å². The van der Waals surface area contributed by atoms with Crippen molar-refractivity contribution in [1.29, 1.82) is 0 Å². The zero-order chi connectivity index (χ0) is 20.9. The van der Waals surface area contributed by atoms with Gasteiger partial charge in [-0.15, -0.1) is 0 Å². The van der Waals surface area contributed by atoms with E-state index in [-0.39, 0.29) is 18.4 Å². The van der Waals surface area contributed by atoms with E-state index in [1.54, 1.807) is 0 Å². The number of carbonyl (C=O) groups is 1. The van der Waals surface area contributed by atoms with Gasteiger partial charge in [0.25, 0.3) is 0 Å². The lowest BCUT2D eigenvalue weighted by Crippen LogP contribution is -3.00. The van der Waals surface area contributed by atoms with Crippen LogP contribution in [0.3, 0.4) is 0 Å². The highest BCUT2D eigenvalue weighted by Crippen LogP contribution is 2.14. The van der Waals surface area contributed by atoms with Crippen LogP contribution in [-0.4, -0.2) is 44.7 Å². The average Bonchev–Trinajstić information content (AvgIpc) is 2.62. The summed E-state index contributed by atoms with van der Waals surface area (Å²) in [4.78, 5) is 11.6. The minimum absolute atomic E-state index is 0. The van der Waals surface area contributed by atoms with Crippen LogP contribution in [-0.2, 0) is 9.53 Å². The van der Waals surface area contributed by atoms with E-state index in [1.807, 2.05) is 21.1 Å². The molecule has 0 N–H and O–H groups in total. The fourth-order valence-electron chi connectivity index (χ4n) is 3.62. The Bertz CT molecular complexity index is 342. The molecule has 0 saturated heterocycles. The van der Waals surface area contributed by atoms with Crippen LogP contribution in [0, 0.1) is 0 Å². The van der Waals surface area contributed by atoms with Crippen molar-refractivity contribution in [2.24, 2.45) is 0 Å². The maximum Gasteiger partial charge on any atom is 0.361 e. The van der Waals surface area contributed by atoms with Crippen molar-refractivity contribution >= 4 is 5.97 Å². The molecule has 29 heavy (non-hydrogen) atoms. The number of hydrogen-bond acceptors (Lipinski definition) is 2. The second-order valence-corrected chi connectivity index (χ2v) is 9.68. The highest BCUT2D eigenvalue weighted by atomic mass is 35.5. The van der Waals surface area contributed by atoms with Gasteiger partial charge in [0.1, 0.15) is 0 Å². The first-order valence-electron chi connectivity index (χ1n) is 12.4. The Morgan fingerprint density at radius 2 is 0.897 bits per heavy atom. The van der Waals surface area contributed by atoms with Crippen LogP contribution in [0.1, 0.15) is 122 Å². The summed E-state index contributed by atoms with van der Waals surface area (Å²) in [5.41, 5.74) is 0. The van der Waals surface area contributed by atoms with E-state index >= 15 is 0 Å². The first-order chi connectivity index (χ1) is 13.5. The Kier molecular flexibility index (Phi) is 23.9. The van der Waals surface area contributed by atoms with Gasteiger partial charge in [-0.1, -0.05) is 116 Å². The summed E-state index contributed by atoms with van der Waals surface area (Å²) in [7, 11) is 6.03. The van der Waals surface area contributed by atoms with E-state index < -0.39 is 0 Å². The molecule has 0 saturated carbocycles. The third-order valence-corrected chi connectivity index (χ3v) is 5.36. The normalized spacial score (nSPS) is 11.3. The van der Waals surface area contributed by atoms with Gasteiger partial charge in [0.15, 0.2) is 6.54 Å². The lowest BCUT2D eigenvalue weighted by Gasteiger charge is -2.22. The van der Waals surface area contributed by atoms with Crippen LogP contribution in [0.4, 0.5) is 0 Å². The number of hydrogen-bond donors (Lipinski definition) is 0. The zero-order valence-corrected chi connectivity index (χ0v) is 21.0. The van der Waals surface area contributed by atoms with E-state index in [0.29, 0.717) is 17.6 Å². The van der Waals surface area contributed by atoms with Crippen LogP contribution < -0.4 is 12.4 Å². The fourth-order valence-corrected chi connectivity index (χ4v) is 3.62. The van der Waals surface area contributed by atoms with E-state index in [2.05, 4.69) is 6.92 Å². The van der Waals surface area contributed by atoms with Crippen molar-refractivity contribution in [1.82, 2.24) is 0 Å². The van der Waals surface area contributed by atoms with Gasteiger partial charge in [-0.3, -0.25) is 0 Å². The molecule has 0 unspecified atom stereocenters. The molecule has 0 aliphatic heterocycles. The minimum atomic E-state index is -0.0699. The zero-order valence-electron chi connectivity index (χ0n) is 20.3. The van der Waals surface area contributed by atoms with Gasteiger partial charge < -0.3 is 21.6 Å².